The molecule has 19 heavy (non-hydrogen) atoms. The van der Waals surface area contributed by atoms with Crippen LogP contribution in [-0.4, -0.2) is 59.8 Å². The molecule has 0 aromatic heterocycles. The summed E-state index contributed by atoms with van der Waals surface area (Å²) in [5.41, 5.74) is 1.37. The molecule has 4 heteroatoms. The van der Waals surface area contributed by atoms with Crippen molar-refractivity contribution in [1.29, 1.82) is 0 Å². The third kappa shape index (κ3) is 4.11. The van der Waals surface area contributed by atoms with Crippen molar-refractivity contribution >= 4 is 0 Å². The summed E-state index contributed by atoms with van der Waals surface area (Å²) in [7, 11) is 0. The highest BCUT2D eigenvalue weighted by Gasteiger charge is 2.27. The molecule has 1 saturated carbocycles. The van der Waals surface area contributed by atoms with E-state index in [1.165, 1.54) is 24.8 Å². The molecular weight excluding hydrogens is 240 g/mol. The number of aliphatic hydroxyl groups excluding tert-OH is 1. The molecular formula is C15H28N2O2. The molecule has 0 aromatic carbocycles. The SMILES string of the molecule is CC(C)(C)OC(=C1CCC1)N1CCN(CCO)CC1. The maximum absolute atomic E-state index is 8.99. The van der Waals surface area contributed by atoms with Crippen LogP contribution in [0.25, 0.3) is 0 Å². The van der Waals surface area contributed by atoms with Gasteiger partial charge in [0.25, 0.3) is 0 Å². The van der Waals surface area contributed by atoms with Crippen molar-refractivity contribution in [2.24, 2.45) is 0 Å². The van der Waals surface area contributed by atoms with Crippen molar-refractivity contribution in [3.05, 3.63) is 11.5 Å². The van der Waals surface area contributed by atoms with Gasteiger partial charge in [-0.25, -0.2) is 0 Å². The third-order valence-electron chi connectivity index (χ3n) is 3.74. The fourth-order valence-corrected chi connectivity index (χ4v) is 2.53. The highest BCUT2D eigenvalue weighted by atomic mass is 16.5. The van der Waals surface area contributed by atoms with Crippen LogP contribution in [0.3, 0.4) is 0 Å². The second-order valence-electron chi connectivity index (χ2n) is 6.53. The first-order chi connectivity index (χ1) is 8.99. The van der Waals surface area contributed by atoms with Crippen LogP contribution in [0.2, 0.25) is 0 Å². The zero-order chi connectivity index (χ0) is 13.9. The second kappa shape index (κ2) is 6.14. The Balaban J connectivity index is 1.97. The molecule has 1 saturated heterocycles. The molecule has 1 N–H and O–H groups in total. The molecule has 1 aliphatic heterocycles. The van der Waals surface area contributed by atoms with E-state index in [0.717, 1.165) is 38.6 Å². The minimum atomic E-state index is -0.125. The van der Waals surface area contributed by atoms with E-state index in [0.29, 0.717) is 0 Å². The molecule has 1 aliphatic carbocycles. The molecule has 1 heterocycles. The van der Waals surface area contributed by atoms with Gasteiger partial charge in [0.05, 0.1) is 6.61 Å². The Labute approximate surface area is 117 Å². The lowest BCUT2D eigenvalue weighted by Crippen LogP contribution is -2.48. The summed E-state index contributed by atoms with van der Waals surface area (Å²) < 4.78 is 6.21. The zero-order valence-corrected chi connectivity index (χ0v) is 12.6. The molecule has 4 nitrogen and oxygen atoms in total. The van der Waals surface area contributed by atoms with E-state index in [-0.39, 0.29) is 12.2 Å². The first-order valence-corrected chi connectivity index (χ1v) is 7.49. The largest absolute Gasteiger partial charge is 0.473 e. The highest BCUT2D eigenvalue weighted by Crippen LogP contribution is 2.33. The second-order valence-corrected chi connectivity index (χ2v) is 6.53. The Morgan fingerprint density at radius 2 is 1.79 bits per heavy atom. The molecule has 0 unspecified atom stereocenters. The molecule has 0 spiro atoms. The highest BCUT2D eigenvalue weighted by molar-refractivity contribution is 5.15. The Morgan fingerprint density at radius 3 is 2.21 bits per heavy atom. The number of rotatable bonds is 4. The first-order valence-electron chi connectivity index (χ1n) is 7.49. The van der Waals surface area contributed by atoms with Crippen LogP contribution in [0.1, 0.15) is 40.0 Å². The number of ether oxygens (including phenoxy) is 1. The summed E-state index contributed by atoms with van der Waals surface area (Å²) in [5, 5.41) is 8.99. The zero-order valence-electron chi connectivity index (χ0n) is 12.6. The Bertz CT molecular complexity index is 320. The van der Waals surface area contributed by atoms with Crippen LogP contribution < -0.4 is 0 Å². The summed E-state index contributed by atoms with van der Waals surface area (Å²) in [5.74, 6) is 1.14. The summed E-state index contributed by atoms with van der Waals surface area (Å²) >= 11 is 0. The Kier molecular flexibility index (Phi) is 4.74. The number of aliphatic hydroxyl groups is 1. The van der Waals surface area contributed by atoms with E-state index in [9.17, 15) is 0 Å². The minimum Gasteiger partial charge on any atom is -0.473 e. The number of nitrogens with zero attached hydrogens (tertiary/aromatic N) is 2. The van der Waals surface area contributed by atoms with E-state index < -0.39 is 0 Å². The molecule has 0 radical (unpaired) electrons. The van der Waals surface area contributed by atoms with Gasteiger partial charge in [0, 0.05) is 32.7 Å². The molecule has 2 rings (SSSR count). The predicted octanol–water partition coefficient (Wildman–Crippen LogP) is 1.81. The maximum atomic E-state index is 8.99. The van der Waals surface area contributed by atoms with Gasteiger partial charge in [0.15, 0.2) is 5.88 Å². The van der Waals surface area contributed by atoms with Crippen molar-refractivity contribution < 1.29 is 9.84 Å². The molecule has 0 atom stereocenters. The average Bonchev–Trinajstić information content (AvgIpc) is 2.25. The van der Waals surface area contributed by atoms with Gasteiger partial charge in [-0.15, -0.1) is 0 Å². The smallest absolute Gasteiger partial charge is 0.189 e. The first kappa shape index (κ1) is 14.7. The number of allylic oxidation sites excluding steroid dienone is 1. The van der Waals surface area contributed by atoms with E-state index in [1.807, 2.05) is 0 Å². The van der Waals surface area contributed by atoms with E-state index >= 15 is 0 Å². The molecule has 0 bridgehead atoms. The van der Waals surface area contributed by atoms with Crippen LogP contribution in [0.5, 0.6) is 0 Å². The predicted molar refractivity (Wildman–Crippen MR) is 76.8 cm³/mol. The fourth-order valence-electron chi connectivity index (χ4n) is 2.53. The van der Waals surface area contributed by atoms with Gasteiger partial charge in [-0.05, 0) is 45.6 Å². The van der Waals surface area contributed by atoms with E-state index in [4.69, 9.17) is 9.84 Å². The lowest BCUT2D eigenvalue weighted by atomic mass is 9.92. The van der Waals surface area contributed by atoms with Crippen LogP contribution in [-0.2, 0) is 4.74 Å². The Hall–Kier alpha value is -0.740. The van der Waals surface area contributed by atoms with Gasteiger partial charge in [0.1, 0.15) is 5.60 Å². The van der Waals surface area contributed by atoms with E-state index in [1.54, 1.807) is 0 Å². The van der Waals surface area contributed by atoms with Crippen molar-refractivity contribution in [3.8, 4) is 0 Å². The van der Waals surface area contributed by atoms with Crippen molar-refractivity contribution in [2.75, 3.05) is 39.3 Å². The normalized spacial score (nSPS) is 21.3. The monoisotopic (exact) mass is 268 g/mol. The van der Waals surface area contributed by atoms with Crippen LogP contribution in [0, 0.1) is 0 Å². The number of piperazine rings is 1. The topological polar surface area (TPSA) is 35.9 Å². The quantitative estimate of drug-likeness (QED) is 0.789. The molecule has 0 aromatic rings. The third-order valence-corrected chi connectivity index (χ3v) is 3.74. The Morgan fingerprint density at radius 1 is 1.16 bits per heavy atom. The van der Waals surface area contributed by atoms with Gasteiger partial charge in [-0.3, -0.25) is 4.90 Å². The summed E-state index contributed by atoms with van der Waals surface area (Å²) in [6, 6.07) is 0. The fraction of sp³-hybridized carbons (Fsp3) is 0.867. The number of hydrogen-bond donors (Lipinski definition) is 1. The lowest BCUT2D eigenvalue weighted by molar-refractivity contribution is -0.0166. The van der Waals surface area contributed by atoms with Crippen molar-refractivity contribution in [3.63, 3.8) is 0 Å². The van der Waals surface area contributed by atoms with Crippen molar-refractivity contribution in [2.45, 2.75) is 45.6 Å². The van der Waals surface area contributed by atoms with Gasteiger partial charge in [-0.1, -0.05) is 0 Å². The van der Waals surface area contributed by atoms with E-state index in [2.05, 4.69) is 30.6 Å². The molecule has 2 fully saturated rings. The van der Waals surface area contributed by atoms with Crippen molar-refractivity contribution in [1.82, 2.24) is 9.80 Å². The lowest BCUT2D eigenvalue weighted by Gasteiger charge is -2.40. The summed E-state index contributed by atoms with van der Waals surface area (Å²) in [4.78, 5) is 4.71. The number of β-amino-alcohol motifs (C(OH)–C–C–N with tert-alkyl or cyclic N) is 1. The standard InChI is InChI=1S/C15H28N2O2/c1-15(2,3)19-14(13-5-4-6-13)17-9-7-16(8-10-17)11-12-18/h18H,4-12H2,1-3H3. The van der Waals surface area contributed by atoms with Crippen LogP contribution in [0.15, 0.2) is 11.5 Å². The van der Waals surface area contributed by atoms with Crippen LogP contribution >= 0.6 is 0 Å². The van der Waals surface area contributed by atoms with Gasteiger partial charge in [0.2, 0.25) is 0 Å². The maximum Gasteiger partial charge on any atom is 0.189 e. The molecule has 110 valence electrons. The minimum absolute atomic E-state index is 0.125. The van der Waals surface area contributed by atoms with Gasteiger partial charge < -0.3 is 14.7 Å². The average molecular weight is 268 g/mol. The van der Waals surface area contributed by atoms with Gasteiger partial charge >= 0.3 is 0 Å². The summed E-state index contributed by atoms with van der Waals surface area (Å²) in [6.07, 6.45) is 3.70. The molecule has 2 aliphatic rings. The van der Waals surface area contributed by atoms with Gasteiger partial charge in [-0.2, -0.15) is 0 Å². The number of hydrogen-bond acceptors (Lipinski definition) is 4. The summed E-state index contributed by atoms with van der Waals surface area (Å²) in [6.45, 7) is 11.5. The molecule has 0 amide bonds. The van der Waals surface area contributed by atoms with Crippen LogP contribution in [0.4, 0.5) is 0 Å².